The molecule has 2 aromatic rings. The number of carbonyl (C=O) groups is 3. The Balaban J connectivity index is 1.70. The van der Waals surface area contributed by atoms with Gasteiger partial charge in [0.15, 0.2) is 0 Å². The van der Waals surface area contributed by atoms with E-state index < -0.39 is 11.9 Å². The Morgan fingerprint density at radius 1 is 1.18 bits per heavy atom. The maximum absolute atomic E-state index is 12.4. The number of hydrogen-bond acceptors (Lipinski definition) is 5. The van der Waals surface area contributed by atoms with E-state index in [-0.39, 0.29) is 23.1 Å². The molecule has 1 aromatic carbocycles. The molecule has 0 atom stereocenters. The molecule has 28 heavy (non-hydrogen) atoms. The zero-order valence-corrected chi connectivity index (χ0v) is 16.8. The molecule has 1 aromatic heterocycles. The number of rotatable bonds is 7. The highest BCUT2D eigenvalue weighted by Crippen LogP contribution is 2.35. The highest BCUT2D eigenvalue weighted by Gasteiger charge is 2.34. The van der Waals surface area contributed by atoms with Gasteiger partial charge in [-0.05, 0) is 54.9 Å². The second kappa shape index (κ2) is 8.86. The third-order valence-electron chi connectivity index (χ3n) is 3.99. The Labute approximate surface area is 175 Å². The smallest absolute Gasteiger partial charge is 0.303 e. The molecule has 1 N–H and O–H groups in total. The Bertz CT molecular complexity index is 969. The molecule has 146 valence electrons. The molecule has 0 aliphatic carbocycles. The molecule has 0 saturated carbocycles. The summed E-state index contributed by atoms with van der Waals surface area (Å²) in [4.78, 5) is 36.4. The fourth-order valence-corrected chi connectivity index (χ4v) is 3.98. The van der Waals surface area contributed by atoms with Crippen molar-refractivity contribution < 1.29 is 23.9 Å². The monoisotopic (exact) mass is 439 g/mol. The molecule has 6 nitrogen and oxygen atoms in total. The van der Waals surface area contributed by atoms with Gasteiger partial charge in [0.25, 0.3) is 11.1 Å². The first-order valence-corrected chi connectivity index (χ1v) is 9.95. The van der Waals surface area contributed by atoms with Crippen molar-refractivity contribution in [3.05, 3.63) is 51.0 Å². The first-order chi connectivity index (χ1) is 13.3. The Morgan fingerprint density at radius 3 is 2.68 bits per heavy atom. The van der Waals surface area contributed by atoms with E-state index in [0.29, 0.717) is 40.0 Å². The van der Waals surface area contributed by atoms with Gasteiger partial charge < -0.3 is 9.52 Å². The number of aliphatic carboxylic acids is 1. The lowest BCUT2D eigenvalue weighted by Crippen LogP contribution is -2.29. The van der Waals surface area contributed by atoms with E-state index in [1.165, 1.54) is 6.08 Å². The molecule has 1 aliphatic heterocycles. The molecule has 9 heteroatoms. The van der Waals surface area contributed by atoms with Crippen LogP contribution in [0.25, 0.3) is 17.4 Å². The summed E-state index contributed by atoms with van der Waals surface area (Å²) in [5.41, 5.74) is 0.664. The average molecular weight is 440 g/mol. The predicted molar refractivity (Wildman–Crippen MR) is 108 cm³/mol. The predicted octanol–water partition coefficient (Wildman–Crippen LogP) is 5.54. The molecule has 0 spiro atoms. The van der Waals surface area contributed by atoms with Crippen LogP contribution in [0.3, 0.4) is 0 Å². The van der Waals surface area contributed by atoms with Gasteiger partial charge in [-0.15, -0.1) is 0 Å². The fourth-order valence-electron chi connectivity index (χ4n) is 2.63. The Morgan fingerprint density at radius 2 is 1.96 bits per heavy atom. The van der Waals surface area contributed by atoms with Crippen LogP contribution >= 0.6 is 35.0 Å². The molecule has 2 amide bonds. The van der Waals surface area contributed by atoms with Gasteiger partial charge in [-0.3, -0.25) is 19.3 Å². The highest BCUT2D eigenvalue weighted by molar-refractivity contribution is 8.18. The molecule has 1 saturated heterocycles. The number of halogens is 2. The van der Waals surface area contributed by atoms with Crippen LogP contribution in [0.4, 0.5) is 4.79 Å². The minimum atomic E-state index is -0.900. The fraction of sp³-hybridized carbons (Fsp3) is 0.211. The van der Waals surface area contributed by atoms with Crippen molar-refractivity contribution >= 4 is 58.2 Å². The number of unbranched alkanes of at least 4 members (excludes halogenated alkanes) is 1. The van der Waals surface area contributed by atoms with E-state index in [2.05, 4.69) is 0 Å². The van der Waals surface area contributed by atoms with Crippen LogP contribution in [0.2, 0.25) is 10.0 Å². The van der Waals surface area contributed by atoms with Crippen LogP contribution in [0.5, 0.6) is 0 Å². The van der Waals surface area contributed by atoms with Gasteiger partial charge in [0, 0.05) is 29.6 Å². The summed E-state index contributed by atoms with van der Waals surface area (Å²) in [5, 5.41) is 9.22. The summed E-state index contributed by atoms with van der Waals surface area (Å²) in [6.45, 7) is 0.194. The van der Waals surface area contributed by atoms with Crippen molar-refractivity contribution in [1.82, 2.24) is 4.90 Å². The topological polar surface area (TPSA) is 87.8 Å². The summed E-state index contributed by atoms with van der Waals surface area (Å²) in [6.07, 6.45) is 2.36. The minimum Gasteiger partial charge on any atom is -0.481 e. The number of benzene rings is 1. The summed E-state index contributed by atoms with van der Waals surface area (Å²) >= 11 is 12.9. The van der Waals surface area contributed by atoms with Crippen molar-refractivity contribution in [2.75, 3.05) is 6.54 Å². The molecule has 0 bridgehead atoms. The third kappa shape index (κ3) is 4.79. The molecule has 0 radical (unpaired) electrons. The molecule has 3 rings (SSSR count). The lowest BCUT2D eigenvalue weighted by molar-refractivity contribution is -0.137. The van der Waals surface area contributed by atoms with Crippen LogP contribution in [0, 0.1) is 0 Å². The minimum absolute atomic E-state index is 0.00842. The van der Waals surface area contributed by atoms with Crippen LogP contribution in [0.1, 0.15) is 25.0 Å². The number of nitrogens with zero attached hydrogens (tertiary/aromatic N) is 1. The van der Waals surface area contributed by atoms with Crippen molar-refractivity contribution in [3.8, 4) is 11.3 Å². The largest absolute Gasteiger partial charge is 0.481 e. The lowest BCUT2D eigenvalue weighted by Gasteiger charge is -2.11. The van der Waals surface area contributed by atoms with Gasteiger partial charge in [0.05, 0.1) is 9.93 Å². The SMILES string of the molecule is O=C(O)CCCCN1C(=O)SC(=Cc2ccc(-c3ccc(Cl)cc3Cl)o2)C1=O. The zero-order valence-electron chi connectivity index (χ0n) is 14.5. The number of carboxylic acid groups (broad SMARTS) is 1. The van der Waals surface area contributed by atoms with Crippen LogP contribution < -0.4 is 0 Å². The number of amides is 2. The molecule has 2 heterocycles. The number of carbonyl (C=O) groups excluding carboxylic acids is 2. The number of carboxylic acids is 1. The van der Waals surface area contributed by atoms with Crippen molar-refractivity contribution in [2.24, 2.45) is 0 Å². The lowest BCUT2D eigenvalue weighted by atomic mass is 10.2. The second-order valence-electron chi connectivity index (χ2n) is 6.01. The van der Waals surface area contributed by atoms with Crippen molar-refractivity contribution in [3.63, 3.8) is 0 Å². The normalized spacial score (nSPS) is 15.6. The first-order valence-electron chi connectivity index (χ1n) is 8.37. The Hall–Kier alpha value is -2.22. The van der Waals surface area contributed by atoms with Crippen molar-refractivity contribution in [1.29, 1.82) is 0 Å². The molecule has 1 aliphatic rings. The Kier molecular flexibility index (Phi) is 6.49. The summed E-state index contributed by atoms with van der Waals surface area (Å²) in [7, 11) is 0. The van der Waals surface area contributed by atoms with E-state index >= 15 is 0 Å². The number of imide groups is 1. The molecule has 1 fully saturated rings. The van der Waals surface area contributed by atoms with Crippen LogP contribution in [0.15, 0.2) is 39.7 Å². The third-order valence-corrected chi connectivity index (χ3v) is 5.45. The highest BCUT2D eigenvalue weighted by atomic mass is 35.5. The van der Waals surface area contributed by atoms with Gasteiger partial charge in [0.1, 0.15) is 11.5 Å². The van der Waals surface area contributed by atoms with Crippen LogP contribution in [-0.2, 0) is 9.59 Å². The average Bonchev–Trinajstić information content (AvgIpc) is 3.18. The molecular weight excluding hydrogens is 425 g/mol. The van der Waals surface area contributed by atoms with Gasteiger partial charge >= 0.3 is 5.97 Å². The molecular formula is C19H15Cl2NO5S. The standard InChI is InChI=1S/C19H15Cl2NO5S/c20-11-4-6-13(14(21)9-11)15-7-5-12(27-15)10-16-18(25)22(19(26)28-16)8-2-1-3-17(23)24/h4-7,9-10H,1-3,8H2,(H,23,24). The summed E-state index contributed by atoms with van der Waals surface area (Å²) in [6, 6.07) is 8.44. The van der Waals surface area contributed by atoms with E-state index in [9.17, 15) is 14.4 Å². The quantitative estimate of drug-likeness (QED) is 0.449. The molecule has 0 unspecified atom stereocenters. The number of furan rings is 1. The van der Waals surface area contributed by atoms with Gasteiger partial charge in [-0.25, -0.2) is 0 Å². The van der Waals surface area contributed by atoms with E-state index in [1.54, 1.807) is 30.3 Å². The maximum atomic E-state index is 12.4. The zero-order chi connectivity index (χ0) is 20.3. The van der Waals surface area contributed by atoms with E-state index in [4.69, 9.17) is 32.7 Å². The van der Waals surface area contributed by atoms with Gasteiger partial charge in [-0.2, -0.15) is 0 Å². The first kappa shape index (κ1) is 20.5. The van der Waals surface area contributed by atoms with Gasteiger partial charge in [0.2, 0.25) is 0 Å². The summed E-state index contributed by atoms with van der Waals surface area (Å²) < 4.78 is 5.73. The second-order valence-corrected chi connectivity index (χ2v) is 7.85. The maximum Gasteiger partial charge on any atom is 0.303 e. The van der Waals surface area contributed by atoms with Gasteiger partial charge in [-0.1, -0.05) is 23.2 Å². The van der Waals surface area contributed by atoms with E-state index in [0.717, 1.165) is 16.7 Å². The van der Waals surface area contributed by atoms with Crippen LogP contribution in [-0.4, -0.2) is 33.7 Å². The van der Waals surface area contributed by atoms with Crippen molar-refractivity contribution in [2.45, 2.75) is 19.3 Å². The number of hydrogen-bond donors (Lipinski definition) is 1. The summed E-state index contributed by atoms with van der Waals surface area (Å²) in [5.74, 6) is -0.380. The number of thioether (sulfide) groups is 1. The van der Waals surface area contributed by atoms with E-state index in [1.807, 2.05) is 0 Å².